The molecule has 0 aliphatic heterocycles. The second-order valence-electron chi connectivity index (χ2n) is 6.37. The van der Waals surface area contributed by atoms with E-state index >= 15 is 0 Å². The number of para-hydroxylation sites is 1. The van der Waals surface area contributed by atoms with E-state index in [-0.39, 0.29) is 18.0 Å². The third-order valence-corrected chi connectivity index (χ3v) is 4.29. The second kappa shape index (κ2) is 7.63. The van der Waals surface area contributed by atoms with Crippen LogP contribution < -0.4 is 10.5 Å². The first-order valence-corrected chi connectivity index (χ1v) is 8.63. The Morgan fingerprint density at radius 3 is 2.44 bits per heavy atom. The normalized spacial score (nSPS) is 10.9. The van der Waals surface area contributed by atoms with Crippen molar-refractivity contribution in [2.75, 3.05) is 13.2 Å². The molecule has 0 aliphatic carbocycles. The zero-order valence-electron chi connectivity index (χ0n) is 15.2. The minimum absolute atomic E-state index is 0.160. The van der Waals surface area contributed by atoms with Gasteiger partial charge in [0.25, 0.3) is 0 Å². The molecule has 3 rings (SSSR count). The number of fused-ring (bicyclic) bond motifs is 1. The number of ether oxygens (including phenoxy) is 1. The number of ketones is 1. The number of carboxylic acids is 1. The summed E-state index contributed by atoms with van der Waals surface area (Å²) in [7, 11) is 0. The maximum Gasteiger partial charge on any atom is 0.311 e. The molecular weight excluding hydrogens is 346 g/mol. The quantitative estimate of drug-likeness (QED) is 0.622. The fourth-order valence-electron chi connectivity index (χ4n) is 3.22. The largest absolute Gasteiger partial charge is 0.492 e. The number of aliphatic carboxylic acids is 1. The molecule has 1 aromatic heterocycles. The lowest BCUT2D eigenvalue weighted by atomic mass is 9.96. The highest BCUT2D eigenvalue weighted by atomic mass is 16.5. The predicted octanol–water partition coefficient (Wildman–Crippen LogP) is 3.25. The summed E-state index contributed by atoms with van der Waals surface area (Å²) in [6, 6.07) is 10.5. The Morgan fingerprint density at radius 1 is 1.15 bits per heavy atom. The molecule has 140 valence electrons. The Bertz CT molecular complexity index is 996. The predicted molar refractivity (Wildman–Crippen MR) is 101 cm³/mol. The van der Waals surface area contributed by atoms with Gasteiger partial charge in [-0.2, -0.15) is 0 Å². The third kappa shape index (κ3) is 3.71. The van der Waals surface area contributed by atoms with Gasteiger partial charge in [-0.25, -0.2) is 0 Å². The van der Waals surface area contributed by atoms with Crippen LogP contribution in [0.15, 0.2) is 40.8 Å². The molecule has 6 nitrogen and oxygen atoms in total. The molecule has 0 spiro atoms. The van der Waals surface area contributed by atoms with Crippen LogP contribution in [-0.4, -0.2) is 30.0 Å². The van der Waals surface area contributed by atoms with Crippen molar-refractivity contribution < 1.29 is 23.8 Å². The van der Waals surface area contributed by atoms with E-state index in [1.54, 1.807) is 36.4 Å². The van der Waals surface area contributed by atoms with Crippen molar-refractivity contribution in [3.8, 4) is 5.75 Å². The number of carbonyl (C=O) groups excluding carboxylic acids is 1. The summed E-state index contributed by atoms with van der Waals surface area (Å²) in [5.74, 6) is -0.457. The molecule has 0 atom stereocenters. The molecule has 1 heterocycles. The third-order valence-electron chi connectivity index (χ3n) is 4.29. The van der Waals surface area contributed by atoms with Gasteiger partial charge in [-0.1, -0.05) is 18.2 Å². The SMILES string of the molecule is Cc1cc(C(=O)c2c(CC(=O)O)oc3ccccc23)cc(C)c1OCCN. The van der Waals surface area contributed by atoms with Crippen LogP contribution in [0.4, 0.5) is 0 Å². The van der Waals surface area contributed by atoms with Crippen molar-refractivity contribution in [3.05, 3.63) is 64.4 Å². The van der Waals surface area contributed by atoms with Crippen LogP contribution in [0.3, 0.4) is 0 Å². The number of furan rings is 1. The lowest BCUT2D eigenvalue weighted by Gasteiger charge is -2.13. The molecule has 0 unspecified atom stereocenters. The first kappa shape index (κ1) is 18.7. The number of hydrogen-bond donors (Lipinski definition) is 2. The molecule has 6 heteroatoms. The van der Waals surface area contributed by atoms with Gasteiger partial charge in [0.15, 0.2) is 5.78 Å². The molecule has 0 saturated carbocycles. The summed E-state index contributed by atoms with van der Waals surface area (Å²) in [5, 5.41) is 9.79. The van der Waals surface area contributed by atoms with Crippen LogP contribution in [0, 0.1) is 13.8 Å². The molecule has 3 aromatic rings. The van der Waals surface area contributed by atoms with Crippen LogP contribution >= 0.6 is 0 Å². The molecule has 0 bridgehead atoms. The van der Waals surface area contributed by atoms with E-state index in [1.165, 1.54) is 0 Å². The standard InChI is InChI=1S/C21H21NO5/c1-12-9-14(10-13(2)21(12)26-8-7-22)20(25)19-15-5-3-4-6-16(15)27-17(19)11-18(23)24/h3-6,9-10H,7-8,11,22H2,1-2H3,(H,23,24). The van der Waals surface area contributed by atoms with E-state index < -0.39 is 5.97 Å². The van der Waals surface area contributed by atoms with E-state index in [2.05, 4.69) is 0 Å². The first-order chi connectivity index (χ1) is 12.9. The van der Waals surface area contributed by atoms with Gasteiger partial charge in [0.05, 0.1) is 5.56 Å². The number of carbonyl (C=O) groups is 2. The highest BCUT2D eigenvalue weighted by Crippen LogP contribution is 2.31. The van der Waals surface area contributed by atoms with Crippen molar-refractivity contribution in [1.29, 1.82) is 0 Å². The number of hydrogen-bond acceptors (Lipinski definition) is 5. The molecule has 0 aliphatic rings. The van der Waals surface area contributed by atoms with Crippen molar-refractivity contribution in [2.24, 2.45) is 5.73 Å². The minimum Gasteiger partial charge on any atom is -0.492 e. The number of carboxylic acid groups (broad SMARTS) is 1. The van der Waals surface area contributed by atoms with Gasteiger partial charge in [-0.05, 0) is 43.2 Å². The summed E-state index contributed by atoms with van der Waals surface area (Å²) in [6.45, 7) is 4.52. The first-order valence-electron chi connectivity index (χ1n) is 8.63. The van der Waals surface area contributed by atoms with Crippen molar-refractivity contribution in [1.82, 2.24) is 0 Å². The average molecular weight is 367 g/mol. The van der Waals surface area contributed by atoms with Gasteiger partial charge in [-0.15, -0.1) is 0 Å². The van der Waals surface area contributed by atoms with E-state index in [9.17, 15) is 14.7 Å². The van der Waals surface area contributed by atoms with E-state index in [0.717, 1.165) is 11.1 Å². The van der Waals surface area contributed by atoms with Crippen LogP contribution in [0.25, 0.3) is 11.0 Å². The van der Waals surface area contributed by atoms with E-state index in [4.69, 9.17) is 14.9 Å². The lowest BCUT2D eigenvalue weighted by Crippen LogP contribution is -2.13. The fraction of sp³-hybridized carbons (Fsp3) is 0.238. The van der Waals surface area contributed by atoms with Crippen LogP contribution in [0.2, 0.25) is 0 Å². The fourth-order valence-corrected chi connectivity index (χ4v) is 3.22. The van der Waals surface area contributed by atoms with Crippen LogP contribution in [0.1, 0.15) is 32.8 Å². The van der Waals surface area contributed by atoms with Crippen molar-refractivity contribution in [3.63, 3.8) is 0 Å². The number of nitrogens with two attached hydrogens (primary N) is 1. The maximum atomic E-state index is 13.2. The minimum atomic E-state index is -1.05. The molecule has 27 heavy (non-hydrogen) atoms. The highest BCUT2D eigenvalue weighted by Gasteiger charge is 2.24. The summed E-state index contributed by atoms with van der Waals surface area (Å²) in [4.78, 5) is 24.5. The van der Waals surface area contributed by atoms with Crippen LogP contribution in [0.5, 0.6) is 5.75 Å². The van der Waals surface area contributed by atoms with Gasteiger partial charge in [0.1, 0.15) is 30.1 Å². The number of rotatable bonds is 7. The molecule has 0 fully saturated rings. The lowest BCUT2D eigenvalue weighted by molar-refractivity contribution is -0.136. The topological polar surface area (TPSA) is 103 Å². The zero-order chi connectivity index (χ0) is 19.6. The average Bonchev–Trinajstić information content (AvgIpc) is 2.97. The summed E-state index contributed by atoms with van der Waals surface area (Å²) in [6.07, 6.45) is -0.356. The molecule has 0 saturated heterocycles. The maximum absolute atomic E-state index is 13.2. The molecular formula is C21H21NO5. The highest BCUT2D eigenvalue weighted by molar-refractivity contribution is 6.17. The van der Waals surface area contributed by atoms with Crippen LogP contribution in [-0.2, 0) is 11.2 Å². The molecule has 0 radical (unpaired) electrons. The Balaban J connectivity index is 2.09. The van der Waals surface area contributed by atoms with Crippen molar-refractivity contribution in [2.45, 2.75) is 20.3 Å². The van der Waals surface area contributed by atoms with Gasteiger partial charge in [-0.3, -0.25) is 9.59 Å². The molecule has 0 amide bonds. The monoisotopic (exact) mass is 367 g/mol. The van der Waals surface area contributed by atoms with Gasteiger partial charge < -0.3 is 20.0 Å². The van der Waals surface area contributed by atoms with Gasteiger partial charge in [0.2, 0.25) is 0 Å². The van der Waals surface area contributed by atoms with Gasteiger partial charge >= 0.3 is 5.97 Å². The Hall–Kier alpha value is -3.12. The number of benzene rings is 2. The van der Waals surface area contributed by atoms with Crippen molar-refractivity contribution >= 4 is 22.7 Å². The molecule has 3 N–H and O–H groups in total. The zero-order valence-corrected chi connectivity index (χ0v) is 15.2. The Labute approximate surface area is 156 Å². The Morgan fingerprint density at radius 2 is 1.81 bits per heavy atom. The summed E-state index contributed by atoms with van der Waals surface area (Å²) in [5.41, 5.74) is 8.38. The molecule has 2 aromatic carbocycles. The summed E-state index contributed by atoms with van der Waals surface area (Å²) < 4.78 is 11.3. The Kier molecular flexibility index (Phi) is 5.28. The smallest absolute Gasteiger partial charge is 0.311 e. The second-order valence-corrected chi connectivity index (χ2v) is 6.37. The van der Waals surface area contributed by atoms with E-state index in [1.807, 2.05) is 13.8 Å². The number of aryl methyl sites for hydroxylation is 2. The summed E-state index contributed by atoms with van der Waals surface area (Å²) >= 11 is 0. The van der Waals surface area contributed by atoms with E-state index in [0.29, 0.717) is 41.0 Å². The van der Waals surface area contributed by atoms with Gasteiger partial charge in [0, 0.05) is 17.5 Å².